The molecule has 0 radical (unpaired) electrons. The number of nitrogens with zero attached hydrogens (tertiary/aromatic N) is 2. The lowest BCUT2D eigenvalue weighted by molar-refractivity contribution is 0.0772. The van der Waals surface area contributed by atoms with Gasteiger partial charge in [-0.3, -0.25) is 14.6 Å². The number of pyridine rings is 1. The van der Waals surface area contributed by atoms with E-state index in [0.29, 0.717) is 19.2 Å². The van der Waals surface area contributed by atoms with Crippen LogP contribution in [0.25, 0.3) is 0 Å². The summed E-state index contributed by atoms with van der Waals surface area (Å²) in [6.45, 7) is 4.77. The van der Waals surface area contributed by atoms with Crippen LogP contribution in [0.15, 0.2) is 36.7 Å². The standard InChI is InChI=1S/C17H17F2N3O2/c1-3-22(4-2)17(24)12-7-11(9-20-10-12)16(23)21-15-6-5-13(18)8-14(15)19/h5-10H,3-4H2,1-2H3,(H,21,23). The van der Waals surface area contributed by atoms with Gasteiger partial charge in [0.2, 0.25) is 0 Å². The second-order valence-corrected chi connectivity index (χ2v) is 5.02. The minimum Gasteiger partial charge on any atom is -0.339 e. The van der Waals surface area contributed by atoms with E-state index in [9.17, 15) is 18.4 Å². The molecule has 0 fully saturated rings. The molecule has 0 bridgehead atoms. The third-order valence-corrected chi connectivity index (χ3v) is 3.48. The molecule has 0 spiro atoms. The number of hydrogen-bond acceptors (Lipinski definition) is 3. The van der Waals surface area contributed by atoms with Crippen molar-refractivity contribution in [1.82, 2.24) is 9.88 Å². The van der Waals surface area contributed by atoms with Crippen LogP contribution in [-0.4, -0.2) is 34.8 Å². The molecule has 1 heterocycles. The van der Waals surface area contributed by atoms with E-state index in [2.05, 4.69) is 10.3 Å². The van der Waals surface area contributed by atoms with Crippen LogP contribution in [0.3, 0.4) is 0 Å². The largest absolute Gasteiger partial charge is 0.339 e. The second-order valence-electron chi connectivity index (χ2n) is 5.02. The van der Waals surface area contributed by atoms with Gasteiger partial charge in [-0.1, -0.05) is 0 Å². The lowest BCUT2D eigenvalue weighted by atomic mass is 10.1. The van der Waals surface area contributed by atoms with Crippen molar-refractivity contribution in [2.24, 2.45) is 0 Å². The van der Waals surface area contributed by atoms with Crippen LogP contribution in [0.2, 0.25) is 0 Å². The molecule has 2 amide bonds. The Bertz CT molecular complexity index is 761. The molecular weight excluding hydrogens is 316 g/mol. The van der Waals surface area contributed by atoms with E-state index in [4.69, 9.17) is 0 Å². The summed E-state index contributed by atoms with van der Waals surface area (Å²) in [4.78, 5) is 30.0. The van der Waals surface area contributed by atoms with Gasteiger partial charge in [-0.15, -0.1) is 0 Å². The summed E-state index contributed by atoms with van der Waals surface area (Å²) in [6, 6.07) is 4.23. The highest BCUT2D eigenvalue weighted by molar-refractivity contribution is 6.05. The SMILES string of the molecule is CCN(CC)C(=O)c1cncc(C(=O)Nc2ccc(F)cc2F)c1. The fraction of sp³-hybridized carbons (Fsp3) is 0.235. The number of carbonyl (C=O) groups is 2. The van der Waals surface area contributed by atoms with Crippen LogP contribution in [0.4, 0.5) is 14.5 Å². The van der Waals surface area contributed by atoms with Crippen molar-refractivity contribution in [3.05, 3.63) is 59.4 Å². The third kappa shape index (κ3) is 3.92. The van der Waals surface area contributed by atoms with Gasteiger partial charge in [0, 0.05) is 31.5 Å². The Balaban J connectivity index is 2.21. The first-order valence-electron chi connectivity index (χ1n) is 7.47. The van der Waals surface area contributed by atoms with Gasteiger partial charge in [0.05, 0.1) is 16.8 Å². The summed E-state index contributed by atoms with van der Waals surface area (Å²) in [5.74, 6) is -2.50. The number of carbonyl (C=O) groups excluding carboxylic acids is 2. The molecule has 2 rings (SSSR count). The maximum atomic E-state index is 13.6. The van der Waals surface area contributed by atoms with E-state index < -0.39 is 17.5 Å². The predicted octanol–water partition coefficient (Wildman–Crippen LogP) is 3.09. The minimum absolute atomic E-state index is 0.108. The van der Waals surface area contributed by atoms with Crippen molar-refractivity contribution >= 4 is 17.5 Å². The topological polar surface area (TPSA) is 62.3 Å². The average molecular weight is 333 g/mol. The highest BCUT2D eigenvalue weighted by Crippen LogP contribution is 2.16. The van der Waals surface area contributed by atoms with Crippen molar-refractivity contribution in [2.75, 3.05) is 18.4 Å². The van der Waals surface area contributed by atoms with Crippen molar-refractivity contribution < 1.29 is 18.4 Å². The number of benzene rings is 1. The van der Waals surface area contributed by atoms with Crippen molar-refractivity contribution in [3.63, 3.8) is 0 Å². The van der Waals surface area contributed by atoms with Crippen LogP contribution in [0.5, 0.6) is 0 Å². The molecule has 0 aliphatic heterocycles. The highest BCUT2D eigenvalue weighted by Gasteiger charge is 2.16. The smallest absolute Gasteiger partial charge is 0.257 e. The zero-order valence-electron chi connectivity index (χ0n) is 13.3. The van der Waals surface area contributed by atoms with E-state index >= 15 is 0 Å². The molecule has 0 aliphatic carbocycles. The molecule has 0 atom stereocenters. The minimum atomic E-state index is -0.883. The zero-order valence-corrected chi connectivity index (χ0v) is 13.3. The Morgan fingerprint density at radius 2 is 1.75 bits per heavy atom. The Morgan fingerprint density at radius 3 is 2.38 bits per heavy atom. The van der Waals surface area contributed by atoms with E-state index in [1.807, 2.05) is 13.8 Å². The van der Waals surface area contributed by atoms with Crippen LogP contribution in [0, 0.1) is 11.6 Å². The quantitative estimate of drug-likeness (QED) is 0.914. The molecular formula is C17H17F2N3O2. The summed E-state index contributed by atoms with van der Waals surface area (Å²) in [6.07, 6.45) is 2.64. The zero-order chi connectivity index (χ0) is 17.7. The molecule has 24 heavy (non-hydrogen) atoms. The summed E-state index contributed by atoms with van der Waals surface area (Å²) in [7, 11) is 0. The molecule has 0 aliphatic rings. The number of rotatable bonds is 5. The van der Waals surface area contributed by atoms with Gasteiger partial charge in [-0.05, 0) is 32.0 Å². The molecule has 1 aromatic heterocycles. The Hall–Kier alpha value is -2.83. The van der Waals surface area contributed by atoms with Crippen LogP contribution in [0.1, 0.15) is 34.6 Å². The van der Waals surface area contributed by atoms with Gasteiger partial charge in [0.1, 0.15) is 11.6 Å². The fourth-order valence-electron chi connectivity index (χ4n) is 2.16. The van der Waals surface area contributed by atoms with Gasteiger partial charge in [-0.25, -0.2) is 8.78 Å². The molecule has 5 nitrogen and oxygen atoms in total. The van der Waals surface area contributed by atoms with Crippen LogP contribution < -0.4 is 5.32 Å². The van der Waals surface area contributed by atoms with E-state index in [-0.39, 0.29) is 22.7 Å². The predicted molar refractivity (Wildman–Crippen MR) is 85.8 cm³/mol. The number of halogens is 2. The molecule has 1 aromatic carbocycles. The van der Waals surface area contributed by atoms with E-state index in [1.54, 1.807) is 4.90 Å². The van der Waals surface area contributed by atoms with Gasteiger partial charge in [0.15, 0.2) is 0 Å². The number of anilines is 1. The summed E-state index contributed by atoms with van der Waals surface area (Å²) in [5, 5.41) is 2.33. The summed E-state index contributed by atoms with van der Waals surface area (Å²) >= 11 is 0. The molecule has 2 aromatic rings. The van der Waals surface area contributed by atoms with Gasteiger partial charge in [0.25, 0.3) is 11.8 Å². The Morgan fingerprint density at radius 1 is 1.08 bits per heavy atom. The highest BCUT2D eigenvalue weighted by atomic mass is 19.1. The number of amides is 2. The maximum Gasteiger partial charge on any atom is 0.257 e. The van der Waals surface area contributed by atoms with Crippen molar-refractivity contribution in [1.29, 1.82) is 0 Å². The monoisotopic (exact) mass is 333 g/mol. The summed E-state index contributed by atoms with van der Waals surface area (Å²) in [5.41, 5.74) is 0.226. The van der Waals surface area contributed by atoms with Crippen molar-refractivity contribution in [3.8, 4) is 0 Å². The number of nitrogens with one attached hydrogen (secondary N) is 1. The Labute approximate surface area is 138 Å². The molecule has 7 heteroatoms. The fourth-order valence-corrected chi connectivity index (χ4v) is 2.16. The normalized spacial score (nSPS) is 10.3. The Kier molecular flexibility index (Phi) is 5.57. The molecule has 0 saturated heterocycles. The van der Waals surface area contributed by atoms with Crippen LogP contribution >= 0.6 is 0 Å². The lowest BCUT2D eigenvalue weighted by Gasteiger charge is -2.18. The molecule has 1 N–H and O–H groups in total. The van der Waals surface area contributed by atoms with Crippen molar-refractivity contribution in [2.45, 2.75) is 13.8 Å². The van der Waals surface area contributed by atoms with Gasteiger partial charge >= 0.3 is 0 Å². The first kappa shape index (κ1) is 17.5. The average Bonchev–Trinajstić information content (AvgIpc) is 2.58. The summed E-state index contributed by atoms with van der Waals surface area (Å²) < 4.78 is 26.5. The van der Waals surface area contributed by atoms with Gasteiger partial charge in [-0.2, -0.15) is 0 Å². The molecule has 0 saturated carbocycles. The first-order valence-corrected chi connectivity index (χ1v) is 7.47. The second kappa shape index (κ2) is 7.63. The van der Waals surface area contributed by atoms with E-state index in [0.717, 1.165) is 12.1 Å². The molecule has 0 unspecified atom stereocenters. The van der Waals surface area contributed by atoms with Crippen LogP contribution in [-0.2, 0) is 0 Å². The first-order chi connectivity index (χ1) is 11.5. The van der Waals surface area contributed by atoms with E-state index in [1.165, 1.54) is 18.5 Å². The molecule has 126 valence electrons. The number of hydrogen-bond donors (Lipinski definition) is 1. The number of aromatic nitrogens is 1. The van der Waals surface area contributed by atoms with Gasteiger partial charge < -0.3 is 10.2 Å². The lowest BCUT2D eigenvalue weighted by Crippen LogP contribution is -2.30. The third-order valence-electron chi connectivity index (χ3n) is 3.48. The maximum absolute atomic E-state index is 13.6.